The normalized spacial score (nSPS) is 16.2. The summed E-state index contributed by atoms with van der Waals surface area (Å²) in [6.45, 7) is 1.97. The van der Waals surface area contributed by atoms with Gasteiger partial charge in [0.2, 0.25) is 5.91 Å². The van der Waals surface area contributed by atoms with Crippen LogP contribution < -0.4 is 0 Å². The zero-order valence-electron chi connectivity index (χ0n) is 12.1. The van der Waals surface area contributed by atoms with Gasteiger partial charge in [-0.3, -0.25) is 4.79 Å². The molecule has 0 unspecified atom stereocenters. The molecule has 5 heteroatoms. The van der Waals surface area contributed by atoms with Crippen molar-refractivity contribution >= 4 is 21.8 Å². The molecule has 0 aromatic heterocycles. The summed E-state index contributed by atoms with van der Waals surface area (Å²) in [5.74, 6) is 0.218. The Morgan fingerprint density at radius 2 is 2.14 bits per heavy atom. The highest BCUT2D eigenvalue weighted by Crippen LogP contribution is 2.16. The second-order valence-corrected chi connectivity index (χ2v) is 6.22. The minimum Gasteiger partial charge on any atom is -0.394 e. The molecule has 1 aliphatic heterocycles. The first kappa shape index (κ1) is 16.5. The van der Waals surface area contributed by atoms with E-state index in [-0.39, 0.29) is 18.6 Å². The van der Waals surface area contributed by atoms with Gasteiger partial charge in [0.25, 0.3) is 0 Å². The summed E-state index contributed by atoms with van der Waals surface area (Å²) in [6, 6.07) is 8.09. The fraction of sp³-hybridized carbons (Fsp3) is 0.562. The minimum absolute atomic E-state index is 0.0613. The highest BCUT2D eigenvalue weighted by molar-refractivity contribution is 9.10. The zero-order chi connectivity index (χ0) is 15.1. The van der Waals surface area contributed by atoms with Crippen molar-refractivity contribution in [1.82, 2.24) is 4.90 Å². The monoisotopic (exact) mass is 355 g/mol. The molecule has 0 radical (unpaired) electrons. The number of amides is 1. The van der Waals surface area contributed by atoms with E-state index >= 15 is 0 Å². The number of aliphatic hydroxyl groups is 1. The van der Waals surface area contributed by atoms with Crippen molar-refractivity contribution in [3.63, 3.8) is 0 Å². The molecular formula is C16H22BrNO3. The number of ether oxygens (including phenoxy) is 1. The number of piperidine rings is 1. The van der Waals surface area contributed by atoms with E-state index < -0.39 is 0 Å². The van der Waals surface area contributed by atoms with E-state index in [1.807, 2.05) is 23.1 Å². The molecule has 0 spiro atoms. The van der Waals surface area contributed by atoms with Gasteiger partial charge >= 0.3 is 0 Å². The Hall–Kier alpha value is -0.910. The number of hydrogen-bond donors (Lipinski definition) is 1. The molecule has 1 amide bonds. The summed E-state index contributed by atoms with van der Waals surface area (Å²) >= 11 is 3.45. The number of likely N-dealkylation sites (tertiary alicyclic amines) is 1. The quantitative estimate of drug-likeness (QED) is 0.852. The topological polar surface area (TPSA) is 49.8 Å². The summed E-state index contributed by atoms with van der Waals surface area (Å²) < 4.78 is 6.56. The van der Waals surface area contributed by atoms with Crippen LogP contribution in [-0.4, -0.2) is 48.3 Å². The van der Waals surface area contributed by atoms with Crippen LogP contribution in [0.3, 0.4) is 0 Å². The number of carbonyl (C=O) groups is 1. The second-order valence-electron chi connectivity index (χ2n) is 5.30. The Balaban J connectivity index is 1.72. The largest absolute Gasteiger partial charge is 0.394 e. The Morgan fingerprint density at radius 3 is 2.81 bits per heavy atom. The molecule has 1 aromatic rings. The molecule has 0 bridgehead atoms. The molecule has 4 nitrogen and oxygen atoms in total. The number of hydrogen-bond acceptors (Lipinski definition) is 3. The van der Waals surface area contributed by atoms with Crippen molar-refractivity contribution in [2.75, 3.05) is 26.3 Å². The highest BCUT2D eigenvalue weighted by atomic mass is 79.9. The van der Waals surface area contributed by atoms with Crippen LogP contribution in [0.5, 0.6) is 0 Å². The molecule has 0 atom stereocenters. The molecule has 1 aliphatic rings. The zero-order valence-corrected chi connectivity index (χ0v) is 13.7. The summed E-state index contributed by atoms with van der Waals surface area (Å²) in [7, 11) is 0. The molecule has 1 N–H and O–H groups in total. The van der Waals surface area contributed by atoms with Crippen molar-refractivity contribution < 1.29 is 14.6 Å². The predicted octanol–water partition coefficient (Wildman–Crippen LogP) is 2.38. The number of nitrogens with zero attached hydrogens (tertiary/aromatic N) is 1. The molecular weight excluding hydrogens is 334 g/mol. The Bertz CT molecular complexity index is 459. The van der Waals surface area contributed by atoms with Gasteiger partial charge in [0.15, 0.2) is 0 Å². The van der Waals surface area contributed by atoms with Crippen LogP contribution in [0.25, 0.3) is 0 Å². The van der Waals surface area contributed by atoms with Crippen molar-refractivity contribution in [3.05, 3.63) is 34.3 Å². The Kier molecular flexibility index (Phi) is 6.67. The smallest absolute Gasteiger partial charge is 0.222 e. The van der Waals surface area contributed by atoms with E-state index in [0.29, 0.717) is 13.0 Å². The summed E-state index contributed by atoms with van der Waals surface area (Å²) in [6.07, 6.45) is 3.24. The highest BCUT2D eigenvalue weighted by Gasteiger charge is 2.22. The SMILES string of the molecule is O=C(CCc1cccc(Br)c1)N1CCC(OCCO)CC1. The van der Waals surface area contributed by atoms with Crippen molar-refractivity contribution in [1.29, 1.82) is 0 Å². The van der Waals surface area contributed by atoms with Crippen LogP contribution in [0.4, 0.5) is 0 Å². The maximum absolute atomic E-state index is 12.2. The number of halogens is 1. The van der Waals surface area contributed by atoms with Gasteiger partial charge in [0.1, 0.15) is 0 Å². The second kappa shape index (κ2) is 8.51. The van der Waals surface area contributed by atoms with Gasteiger partial charge in [-0.1, -0.05) is 28.1 Å². The van der Waals surface area contributed by atoms with E-state index in [1.165, 1.54) is 5.56 Å². The van der Waals surface area contributed by atoms with Gasteiger partial charge in [-0.05, 0) is 37.0 Å². The van der Waals surface area contributed by atoms with Gasteiger partial charge < -0.3 is 14.7 Å². The van der Waals surface area contributed by atoms with Crippen LogP contribution in [0, 0.1) is 0 Å². The molecule has 1 heterocycles. The number of aryl methyl sites for hydroxylation is 1. The Morgan fingerprint density at radius 1 is 1.38 bits per heavy atom. The number of aliphatic hydroxyl groups excluding tert-OH is 1. The average molecular weight is 356 g/mol. The van der Waals surface area contributed by atoms with E-state index in [1.54, 1.807) is 0 Å². The average Bonchev–Trinajstić information content (AvgIpc) is 2.51. The molecule has 1 aromatic carbocycles. The lowest BCUT2D eigenvalue weighted by Crippen LogP contribution is -2.41. The van der Waals surface area contributed by atoms with E-state index in [4.69, 9.17) is 9.84 Å². The van der Waals surface area contributed by atoms with Crippen molar-refractivity contribution in [2.24, 2.45) is 0 Å². The fourth-order valence-corrected chi connectivity index (χ4v) is 3.04. The lowest BCUT2D eigenvalue weighted by molar-refractivity contribution is -0.133. The van der Waals surface area contributed by atoms with Crippen LogP contribution in [0.1, 0.15) is 24.8 Å². The van der Waals surface area contributed by atoms with Crippen LogP contribution in [0.2, 0.25) is 0 Å². The van der Waals surface area contributed by atoms with Gasteiger partial charge in [0.05, 0.1) is 19.3 Å². The number of benzene rings is 1. The molecule has 2 rings (SSSR count). The third-order valence-corrected chi connectivity index (χ3v) is 4.25. The maximum atomic E-state index is 12.2. The van der Waals surface area contributed by atoms with Gasteiger partial charge in [-0.15, -0.1) is 0 Å². The third kappa shape index (κ3) is 5.41. The van der Waals surface area contributed by atoms with E-state index in [0.717, 1.165) is 36.8 Å². The maximum Gasteiger partial charge on any atom is 0.222 e. The van der Waals surface area contributed by atoms with Gasteiger partial charge in [0, 0.05) is 24.0 Å². The van der Waals surface area contributed by atoms with E-state index in [9.17, 15) is 4.79 Å². The first-order chi connectivity index (χ1) is 10.2. The summed E-state index contributed by atoms with van der Waals surface area (Å²) in [5.41, 5.74) is 1.18. The molecule has 1 fully saturated rings. The standard InChI is InChI=1S/C16H22BrNO3/c17-14-3-1-2-13(12-14)4-5-16(20)18-8-6-15(7-9-18)21-11-10-19/h1-3,12,15,19H,4-11H2. The predicted molar refractivity (Wildman–Crippen MR) is 85.1 cm³/mol. The molecule has 0 saturated carbocycles. The molecule has 21 heavy (non-hydrogen) atoms. The minimum atomic E-state index is 0.0613. The summed E-state index contributed by atoms with van der Waals surface area (Å²) in [5, 5.41) is 8.74. The molecule has 0 aliphatic carbocycles. The first-order valence-electron chi connectivity index (χ1n) is 7.43. The molecule has 1 saturated heterocycles. The van der Waals surface area contributed by atoms with Crippen molar-refractivity contribution in [2.45, 2.75) is 31.8 Å². The first-order valence-corrected chi connectivity index (χ1v) is 8.23. The third-order valence-electron chi connectivity index (χ3n) is 3.76. The van der Waals surface area contributed by atoms with Crippen LogP contribution >= 0.6 is 15.9 Å². The Labute approximate surface area is 134 Å². The molecule has 116 valence electrons. The van der Waals surface area contributed by atoms with E-state index in [2.05, 4.69) is 22.0 Å². The van der Waals surface area contributed by atoms with Gasteiger partial charge in [-0.25, -0.2) is 0 Å². The number of carbonyl (C=O) groups excluding carboxylic acids is 1. The van der Waals surface area contributed by atoms with Crippen LogP contribution in [0.15, 0.2) is 28.7 Å². The fourth-order valence-electron chi connectivity index (χ4n) is 2.59. The lowest BCUT2D eigenvalue weighted by atomic mass is 10.1. The van der Waals surface area contributed by atoms with Crippen LogP contribution in [-0.2, 0) is 16.0 Å². The van der Waals surface area contributed by atoms with Gasteiger partial charge in [-0.2, -0.15) is 0 Å². The summed E-state index contributed by atoms with van der Waals surface area (Å²) in [4.78, 5) is 14.1. The number of rotatable bonds is 6. The van der Waals surface area contributed by atoms with Crippen molar-refractivity contribution in [3.8, 4) is 0 Å². The lowest BCUT2D eigenvalue weighted by Gasteiger charge is -2.32.